The Morgan fingerprint density at radius 2 is 1.93 bits per heavy atom. The zero-order chi connectivity index (χ0) is 19.0. The summed E-state index contributed by atoms with van der Waals surface area (Å²) in [7, 11) is 0. The van der Waals surface area contributed by atoms with Gasteiger partial charge in [-0.25, -0.2) is 4.79 Å². The van der Waals surface area contributed by atoms with Crippen molar-refractivity contribution in [2.45, 2.75) is 50.1 Å². The molecular formula is C21H29N3O3. The lowest BCUT2D eigenvalue weighted by Crippen LogP contribution is -2.86. The van der Waals surface area contributed by atoms with Gasteiger partial charge in [0, 0.05) is 32.0 Å². The summed E-state index contributed by atoms with van der Waals surface area (Å²) in [6.07, 6.45) is 3.73. The molecule has 2 heterocycles. The molecule has 1 aromatic carbocycles. The fraction of sp³-hybridized carbons (Fsp3) is 0.619. The molecule has 1 saturated carbocycles. The molecule has 3 fully saturated rings. The molecule has 0 bridgehead atoms. The molecule has 2 atom stereocenters. The van der Waals surface area contributed by atoms with E-state index in [1.54, 1.807) is 4.90 Å². The van der Waals surface area contributed by atoms with Crippen LogP contribution in [0.2, 0.25) is 0 Å². The van der Waals surface area contributed by atoms with Crippen LogP contribution in [0.15, 0.2) is 30.3 Å². The summed E-state index contributed by atoms with van der Waals surface area (Å²) < 4.78 is 0. The number of aliphatic hydroxyl groups excluding tert-OH is 1. The molecule has 1 aliphatic carbocycles. The largest absolute Gasteiger partial charge is 0.394 e. The molecule has 2 aliphatic heterocycles. The highest BCUT2D eigenvalue weighted by Crippen LogP contribution is 2.54. The van der Waals surface area contributed by atoms with E-state index >= 15 is 0 Å². The summed E-state index contributed by atoms with van der Waals surface area (Å²) >= 11 is 0. The van der Waals surface area contributed by atoms with E-state index in [0.717, 1.165) is 24.8 Å². The highest BCUT2D eigenvalue weighted by Gasteiger charge is 2.68. The number of rotatable bonds is 6. The molecular weight excluding hydrogens is 342 g/mol. The average Bonchev–Trinajstić information content (AvgIpc) is 3.43. The Kier molecular flexibility index (Phi) is 4.84. The number of aliphatic hydroxyl groups is 1. The molecule has 6 heteroatoms. The van der Waals surface area contributed by atoms with Gasteiger partial charge in [0.25, 0.3) is 0 Å². The number of hydrogen-bond donors (Lipinski definition) is 2. The topological polar surface area (TPSA) is 72.9 Å². The first kappa shape index (κ1) is 18.3. The Balaban J connectivity index is 1.55. The van der Waals surface area contributed by atoms with Gasteiger partial charge in [0.2, 0.25) is 5.91 Å². The smallest absolute Gasteiger partial charge is 0.317 e. The first-order chi connectivity index (χ1) is 13.1. The van der Waals surface area contributed by atoms with Crippen molar-refractivity contribution in [1.29, 1.82) is 0 Å². The average molecular weight is 371 g/mol. The zero-order valence-corrected chi connectivity index (χ0v) is 15.9. The van der Waals surface area contributed by atoms with Gasteiger partial charge in [-0.15, -0.1) is 0 Å². The van der Waals surface area contributed by atoms with Crippen LogP contribution in [0.3, 0.4) is 0 Å². The molecule has 3 aliphatic rings. The predicted molar refractivity (Wildman–Crippen MR) is 102 cm³/mol. The summed E-state index contributed by atoms with van der Waals surface area (Å²) in [4.78, 5) is 29.0. The molecule has 146 valence electrons. The first-order valence-corrected chi connectivity index (χ1v) is 10.1. The maximum atomic E-state index is 13.0. The lowest BCUT2D eigenvalue weighted by molar-refractivity contribution is -0.193. The quantitative estimate of drug-likeness (QED) is 0.803. The summed E-state index contributed by atoms with van der Waals surface area (Å²) in [6, 6.07) is 9.85. The number of nitrogens with one attached hydrogen (secondary N) is 1. The van der Waals surface area contributed by atoms with Crippen LogP contribution in [0, 0.1) is 5.92 Å². The van der Waals surface area contributed by atoms with Crippen LogP contribution in [0.5, 0.6) is 0 Å². The maximum absolute atomic E-state index is 13.0. The van der Waals surface area contributed by atoms with E-state index in [1.807, 2.05) is 30.0 Å². The highest BCUT2D eigenvalue weighted by atomic mass is 16.3. The van der Waals surface area contributed by atoms with E-state index in [2.05, 4.69) is 17.4 Å². The summed E-state index contributed by atoms with van der Waals surface area (Å²) in [5.74, 6) is 0.716. The minimum Gasteiger partial charge on any atom is -0.394 e. The van der Waals surface area contributed by atoms with Crippen molar-refractivity contribution < 1.29 is 14.7 Å². The fourth-order valence-corrected chi connectivity index (χ4v) is 4.84. The van der Waals surface area contributed by atoms with Crippen molar-refractivity contribution in [2.24, 2.45) is 5.92 Å². The number of carbonyl (C=O) groups is 2. The lowest BCUT2D eigenvalue weighted by atomic mass is 9.60. The Labute approximate surface area is 160 Å². The van der Waals surface area contributed by atoms with Crippen LogP contribution >= 0.6 is 0 Å². The number of likely N-dealkylation sites (tertiary alicyclic amines) is 2. The van der Waals surface area contributed by atoms with E-state index in [-0.39, 0.29) is 36.0 Å². The van der Waals surface area contributed by atoms with Gasteiger partial charge in [-0.3, -0.25) is 4.79 Å². The molecule has 2 saturated heterocycles. The third-order valence-corrected chi connectivity index (χ3v) is 6.29. The maximum Gasteiger partial charge on any atom is 0.317 e. The van der Waals surface area contributed by atoms with Gasteiger partial charge in [0.15, 0.2) is 0 Å². The Morgan fingerprint density at radius 1 is 1.22 bits per heavy atom. The third-order valence-electron chi connectivity index (χ3n) is 6.29. The molecule has 1 spiro atoms. The fourth-order valence-electron chi connectivity index (χ4n) is 4.84. The zero-order valence-electron chi connectivity index (χ0n) is 15.9. The number of carbonyl (C=O) groups excluding carboxylic acids is 2. The van der Waals surface area contributed by atoms with Crippen molar-refractivity contribution in [3.05, 3.63) is 35.9 Å². The second-order valence-electron chi connectivity index (χ2n) is 8.24. The standard InChI is InChI=1S/C21H29N3O3/c1-2-10-22-20(27)23-13-21(14-23)19(16-6-4-3-5-7-16)17(12-25)24(21)18(26)11-15-8-9-15/h3-7,15,17,19,25H,2,8-14H2,1H3,(H,22,27)/t17-,19-/m0/s1. The van der Waals surface area contributed by atoms with Gasteiger partial charge in [0.05, 0.1) is 18.2 Å². The van der Waals surface area contributed by atoms with Crippen LogP contribution < -0.4 is 5.32 Å². The molecule has 3 amide bonds. The molecule has 1 aromatic rings. The van der Waals surface area contributed by atoms with Crippen molar-refractivity contribution in [3.63, 3.8) is 0 Å². The molecule has 0 unspecified atom stereocenters. The first-order valence-electron chi connectivity index (χ1n) is 10.1. The summed E-state index contributed by atoms with van der Waals surface area (Å²) in [6.45, 7) is 3.72. The van der Waals surface area contributed by atoms with Gasteiger partial charge in [-0.05, 0) is 30.7 Å². The van der Waals surface area contributed by atoms with Gasteiger partial charge in [0.1, 0.15) is 0 Å². The van der Waals surface area contributed by atoms with Crippen LogP contribution in [0.4, 0.5) is 4.79 Å². The minimum atomic E-state index is -0.371. The normalized spacial score (nSPS) is 25.7. The summed E-state index contributed by atoms with van der Waals surface area (Å²) in [5.41, 5.74) is 0.769. The van der Waals surface area contributed by atoms with Crippen LogP contribution in [-0.2, 0) is 4.79 Å². The number of benzene rings is 1. The third kappa shape index (κ3) is 3.10. The second-order valence-corrected chi connectivity index (χ2v) is 8.24. The number of nitrogens with zero attached hydrogens (tertiary/aromatic N) is 2. The van der Waals surface area contributed by atoms with Crippen molar-refractivity contribution in [2.75, 3.05) is 26.2 Å². The molecule has 0 radical (unpaired) electrons. The van der Waals surface area contributed by atoms with Crippen LogP contribution in [0.1, 0.15) is 44.1 Å². The molecule has 6 nitrogen and oxygen atoms in total. The van der Waals surface area contributed by atoms with Crippen molar-refractivity contribution in [3.8, 4) is 0 Å². The van der Waals surface area contributed by atoms with E-state index in [9.17, 15) is 14.7 Å². The lowest BCUT2D eigenvalue weighted by Gasteiger charge is -2.70. The van der Waals surface area contributed by atoms with Crippen molar-refractivity contribution >= 4 is 11.9 Å². The minimum absolute atomic E-state index is 0.0419. The monoisotopic (exact) mass is 371 g/mol. The van der Waals surface area contributed by atoms with E-state index in [1.165, 1.54) is 0 Å². The Hall–Kier alpha value is -2.08. The molecule has 2 N–H and O–H groups in total. The van der Waals surface area contributed by atoms with E-state index in [0.29, 0.717) is 32.0 Å². The van der Waals surface area contributed by atoms with Gasteiger partial charge >= 0.3 is 6.03 Å². The van der Waals surface area contributed by atoms with E-state index < -0.39 is 0 Å². The Bertz CT molecular complexity index is 698. The molecule has 27 heavy (non-hydrogen) atoms. The Morgan fingerprint density at radius 3 is 2.52 bits per heavy atom. The SMILES string of the molecule is CCCNC(=O)N1CC2(C1)[C@@H](c1ccccc1)[C@H](CO)N2C(=O)CC1CC1. The summed E-state index contributed by atoms with van der Waals surface area (Å²) in [5, 5.41) is 13.0. The number of urea groups is 1. The highest BCUT2D eigenvalue weighted by molar-refractivity contribution is 5.82. The van der Waals surface area contributed by atoms with Gasteiger partial charge in [-0.2, -0.15) is 0 Å². The number of hydrogen-bond acceptors (Lipinski definition) is 3. The number of amides is 3. The van der Waals surface area contributed by atoms with Gasteiger partial charge in [-0.1, -0.05) is 37.3 Å². The molecule has 0 aromatic heterocycles. The second kappa shape index (κ2) is 7.15. The predicted octanol–water partition coefficient (Wildman–Crippen LogP) is 1.95. The van der Waals surface area contributed by atoms with Crippen LogP contribution in [0.25, 0.3) is 0 Å². The van der Waals surface area contributed by atoms with Gasteiger partial charge < -0.3 is 20.2 Å². The van der Waals surface area contributed by atoms with Crippen LogP contribution in [-0.4, -0.2) is 64.7 Å². The molecule has 4 rings (SSSR count). The van der Waals surface area contributed by atoms with E-state index in [4.69, 9.17) is 0 Å². The van der Waals surface area contributed by atoms with Crippen molar-refractivity contribution in [1.82, 2.24) is 15.1 Å².